The van der Waals surface area contributed by atoms with Gasteiger partial charge >= 0.3 is 0 Å². The fraction of sp³-hybridized carbons (Fsp3) is 1.00. The third kappa shape index (κ3) is 3.54. The smallest absolute Gasteiger partial charge is 0.282 e. The Morgan fingerprint density at radius 3 is 2.53 bits per heavy atom. The molecule has 0 aromatic rings. The summed E-state index contributed by atoms with van der Waals surface area (Å²) in [6.07, 6.45) is -0.349. The van der Waals surface area contributed by atoms with Crippen LogP contribution in [0.4, 0.5) is 0 Å². The Kier molecular flexibility index (Phi) is 5.21. The van der Waals surface area contributed by atoms with Crippen LogP contribution in [0.2, 0.25) is 0 Å². The largest absolute Gasteiger partial charge is 0.371 e. The van der Waals surface area contributed by atoms with Crippen molar-refractivity contribution in [3.63, 3.8) is 0 Å². The molecule has 2 unspecified atom stereocenters. The van der Waals surface area contributed by atoms with Crippen LogP contribution in [0.25, 0.3) is 0 Å². The molecule has 5 nitrogen and oxygen atoms in total. The second kappa shape index (κ2) is 5.84. The van der Waals surface area contributed by atoms with Crippen LogP contribution in [-0.4, -0.2) is 61.3 Å². The average Bonchev–Trinajstić information content (AvgIpc) is 2.26. The number of ether oxygens (including phenoxy) is 1. The zero-order chi connectivity index (χ0) is 13.2. The average molecular weight is 285 g/mol. The van der Waals surface area contributed by atoms with Gasteiger partial charge in [-0.15, -0.1) is 11.6 Å². The molecule has 0 amide bonds. The molecule has 1 saturated heterocycles. The van der Waals surface area contributed by atoms with Gasteiger partial charge in [0.1, 0.15) is 0 Å². The number of hydrogen-bond acceptors (Lipinski definition) is 3. The van der Waals surface area contributed by atoms with Crippen LogP contribution in [0.5, 0.6) is 0 Å². The fourth-order valence-corrected chi connectivity index (χ4v) is 3.55. The van der Waals surface area contributed by atoms with E-state index in [0.717, 1.165) is 0 Å². The third-order valence-electron chi connectivity index (χ3n) is 2.88. The van der Waals surface area contributed by atoms with Gasteiger partial charge in [-0.1, -0.05) is 0 Å². The van der Waals surface area contributed by atoms with E-state index in [9.17, 15) is 8.42 Å². The number of hydrogen-bond donors (Lipinski definition) is 0. The molecule has 1 aliphatic rings. The standard InChI is InChI=1S/C10H21ClN2O3S/c1-8(2)12(4)17(14,15)13-6-9(3)16-10(5-11)7-13/h8-10H,5-7H2,1-4H3. The van der Waals surface area contributed by atoms with Crippen molar-refractivity contribution in [2.45, 2.75) is 39.0 Å². The highest BCUT2D eigenvalue weighted by molar-refractivity contribution is 7.86. The number of halogens is 1. The van der Waals surface area contributed by atoms with E-state index in [4.69, 9.17) is 16.3 Å². The van der Waals surface area contributed by atoms with Gasteiger partial charge < -0.3 is 4.74 Å². The summed E-state index contributed by atoms with van der Waals surface area (Å²) < 4.78 is 32.9. The van der Waals surface area contributed by atoms with Gasteiger partial charge in [0.05, 0.1) is 12.2 Å². The molecule has 1 aliphatic heterocycles. The van der Waals surface area contributed by atoms with E-state index in [1.165, 1.54) is 8.61 Å². The van der Waals surface area contributed by atoms with Gasteiger partial charge in [-0.3, -0.25) is 0 Å². The molecular formula is C10H21ClN2O3S. The Hall–Kier alpha value is 0.120. The molecule has 0 aliphatic carbocycles. The van der Waals surface area contributed by atoms with Crippen LogP contribution in [0.3, 0.4) is 0 Å². The summed E-state index contributed by atoms with van der Waals surface area (Å²) in [7, 11) is -1.82. The predicted molar refractivity (Wildman–Crippen MR) is 68.4 cm³/mol. The molecule has 1 heterocycles. The van der Waals surface area contributed by atoms with Crippen LogP contribution >= 0.6 is 11.6 Å². The summed E-state index contributed by atoms with van der Waals surface area (Å²) >= 11 is 5.74. The molecule has 102 valence electrons. The fourth-order valence-electron chi connectivity index (χ4n) is 1.73. The zero-order valence-electron chi connectivity index (χ0n) is 10.8. The van der Waals surface area contributed by atoms with E-state index in [-0.39, 0.29) is 18.2 Å². The molecular weight excluding hydrogens is 264 g/mol. The minimum Gasteiger partial charge on any atom is -0.371 e. The van der Waals surface area contributed by atoms with E-state index in [2.05, 4.69) is 0 Å². The van der Waals surface area contributed by atoms with Crippen molar-refractivity contribution in [3.05, 3.63) is 0 Å². The molecule has 0 saturated carbocycles. The lowest BCUT2D eigenvalue weighted by Crippen LogP contribution is -2.54. The Balaban J connectivity index is 2.84. The van der Waals surface area contributed by atoms with E-state index in [1.807, 2.05) is 20.8 Å². The molecule has 0 N–H and O–H groups in total. The van der Waals surface area contributed by atoms with Crippen LogP contribution in [0.15, 0.2) is 0 Å². The molecule has 0 aromatic carbocycles. The first-order valence-electron chi connectivity index (χ1n) is 5.73. The normalized spacial score (nSPS) is 27.9. The first-order chi connectivity index (χ1) is 7.78. The number of nitrogens with zero attached hydrogens (tertiary/aromatic N) is 2. The van der Waals surface area contributed by atoms with E-state index in [1.54, 1.807) is 7.05 Å². The highest BCUT2D eigenvalue weighted by Gasteiger charge is 2.35. The van der Waals surface area contributed by atoms with E-state index in [0.29, 0.717) is 19.0 Å². The summed E-state index contributed by atoms with van der Waals surface area (Å²) in [6.45, 7) is 6.26. The summed E-state index contributed by atoms with van der Waals surface area (Å²) in [4.78, 5) is 0. The number of morpholine rings is 1. The molecule has 0 radical (unpaired) electrons. The first-order valence-corrected chi connectivity index (χ1v) is 7.66. The molecule has 17 heavy (non-hydrogen) atoms. The second-order valence-corrected chi connectivity index (χ2v) is 6.95. The van der Waals surface area contributed by atoms with Crippen molar-refractivity contribution < 1.29 is 13.2 Å². The summed E-state index contributed by atoms with van der Waals surface area (Å²) in [6, 6.07) is -0.0624. The van der Waals surface area contributed by atoms with E-state index >= 15 is 0 Å². The predicted octanol–water partition coefficient (Wildman–Crippen LogP) is 0.900. The van der Waals surface area contributed by atoms with E-state index < -0.39 is 10.2 Å². The van der Waals surface area contributed by atoms with Crippen molar-refractivity contribution in [2.75, 3.05) is 26.0 Å². The van der Waals surface area contributed by atoms with Gasteiger partial charge in [0.15, 0.2) is 0 Å². The maximum Gasteiger partial charge on any atom is 0.282 e. The second-order valence-electron chi connectivity index (χ2n) is 4.66. The highest BCUT2D eigenvalue weighted by atomic mass is 35.5. The van der Waals surface area contributed by atoms with Gasteiger partial charge in [-0.25, -0.2) is 0 Å². The van der Waals surface area contributed by atoms with Crippen molar-refractivity contribution in [1.29, 1.82) is 0 Å². The van der Waals surface area contributed by atoms with Crippen molar-refractivity contribution >= 4 is 21.8 Å². The molecule has 2 atom stereocenters. The maximum absolute atomic E-state index is 12.3. The lowest BCUT2D eigenvalue weighted by atomic mass is 10.3. The molecule has 0 bridgehead atoms. The van der Waals surface area contributed by atoms with Gasteiger partial charge in [-0.2, -0.15) is 17.0 Å². The zero-order valence-corrected chi connectivity index (χ0v) is 12.3. The molecule has 0 spiro atoms. The van der Waals surface area contributed by atoms with Crippen LogP contribution in [0.1, 0.15) is 20.8 Å². The van der Waals surface area contributed by atoms with Gasteiger partial charge in [-0.05, 0) is 20.8 Å². The number of alkyl halides is 1. The topological polar surface area (TPSA) is 49.9 Å². The first kappa shape index (κ1) is 15.2. The summed E-state index contributed by atoms with van der Waals surface area (Å²) in [5.74, 6) is 0.307. The van der Waals surface area contributed by atoms with Crippen LogP contribution < -0.4 is 0 Å². The Labute approximate surface area is 109 Å². The Morgan fingerprint density at radius 1 is 1.47 bits per heavy atom. The minimum atomic E-state index is -3.41. The SMILES string of the molecule is CC1CN(S(=O)(=O)N(C)C(C)C)CC(CCl)O1. The highest BCUT2D eigenvalue weighted by Crippen LogP contribution is 2.18. The Morgan fingerprint density at radius 2 is 2.06 bits per heavy atom. The van der Waals surface area contributed by atoms with Crippen molar-refractivity contribution in [3.8, 4) is 0 Å². The molecule has 0 aromatic heterocycles. The lowest BCUT2D eigenvalue weighted by molar-refractivity contribution is -0.0437. The Bertz CT molecular complexity index is 347. The van der Waals surface area contributed by atoms with Crippen LogP contribution in [-0.2, 0) is 14.9 Å². The summed E-state index contributed by atoms with van der Waals surface area (Å²) in [5.41, 5.74) is 0. The van der Waals surface area contributed by atoms with Gasteiger partial charge in [0.25, 0.3) is 10.2 Å². The third-order valence-corrected chi connectivity index (χ3v) is 5.33. The molecule has 7 heteroatoms. The maximum atomic E-state index is 12.3. The lowest BCUT2D eigenvalue weighted by Gasteiger charge is -2.37. The van der Waals surface area contributed by atoms with Crippen molar-refractivity contribution in [2.24, 2.45) is 0 Å². The summed E-state index contributed by atoms with van der Waals surface area (Å²) in [5, 5.41) is 0. The van der Waals surface area contributed by atoms with Crippen molar-refractivity contribution in [1.82, 2.24) is 8.61 Å². The molecule has 1 rings (SSSR count). The van der Waals surface area contributed by atoms with Crippen LogP contribution in [0, 0.1) is 0 Å². The number of rotatable bonds is 4. The quantitative estimate of drug-likeness (QED) is 0.721. The minimum absolute atomic E-state index is 0.0624. The molecule has 1 fully saturated rings. The van der Waals surface area contributed by atoms with Gasteiger partial charge in [0.2, 0.25) is 0 Å². The van der Waals surface area contributed by atoms with Gasteiger partial charge in [0, 0.05) is 32.1 Å². The monoisotopic (exact) mass is 284 g/mol.